The summed E-state index contributed by atoms with van der Waals surface area (Å²) >= 11 is 5.00. The molecule has 0 spiro atoms. The molecule has 0 fully saturated rings. The molecule has 3 N–H and O–H groups in total. The standard InChI is InChI=1S/C19H21N3O5S/c1-3-26-14-8-6-7-13(11-14)18(24)20-19(28)22-21-17(23)12-27-16-10-5-4-9-15(16)25-2/h4-11H,3,12H2,1-2H3,(H,21,23)(H2,20,22,24,28). The van der Waals surface area contributed by atoms with Crippen LogP contribution in [0.25, 0.3) is 0 Å². The van der Waals surface area contributed by atoms with Crippen molar-refractivity contribution in [2.45, 2.75) is 6.92 Å². The number of carbonyl (C=O) groups is 2. The Bertz CT molecular complexity index is 844. The third-order valence-electron chi connectivity index (χ3n) is 3.38. The highest BCUT2D eigenvalue weighted by Crippen LogP contribution is 2.25. The summed E-state index contributed by atoms with van der Waals surface area (Å²) in [4.78, 5) is 24.1. The number of hydrazine groups is 1. The van der Waals surface area contributed by atoms with E-state index in [1.807, 2.05) is 6.92 Å². The number of amides is 2. The fourth-order valence-electron chi connectivity index (χ4n) is 2.14. The number of methoxy groups -OCH3 is 1. The summed E-state index contributed by atoms with van der Waals surface area (Å²) in [7, 11) is 1.51. The number of hydrogen-bond acceptors (Lipinski definition) is 6. The van der Waals surface area contributed by atoms with Crippen LogP contribution in [0.1, 0.15) is 17.3 Å². The predicted octanol–water partition coefficient (Wildman–Crippen LogP) is 1.81. The van der Waals surface area contributed by atoms with Gasteiger partial charge in [-0.3, -0.25) is 25.8 Å². The number of hydrogen-bond donors (Lipinski definition) is 3. The minimum Gasteiger partial charge on any atom is -0.494 e. The Balaban J connectivity index is 1.77. The third-order valence-corrected chi connectivity index (χ3v) is 3.58. The molecule has 148 valence electrons. The average Bonchev–Trinajstić information content (AvgIpc) is 2.71. The van der Waals surface area contributed by atoms with E-state index < -0.39 is 11.8 Å². The van der Waals surface area contributed by atoms with Crippen LogP contribution in [0.2, 0.25) is 0 Å². The van der Waals surface area contributed by atoms with E-state index in [0.29, 0.717) is 29.4 Å². The van der Waals surface area contributed by atoms with E-state index in [4.69, 9.17) is 26.4 Å². The number of carbonyl (C=O) groups excluding carboxylic acids is 2. The van der Waals surface area contributed by atoms with Crippen LogP contribution in [0.4, 0.5) is 0 Å². The molecule has 0 aliphatic carbocycles. The number of para-hydroxylation sites is 2. The minimum absolute atomic E-state index is 0.0579. The molecular formula is C19H21N3O5S. The lowest BCUT2D eigenvalue weighted by Crippen LogP contribution is -2.49. The monoisotopic (exact) mass is 403 g/mol. The summed E-state index contributed by atoms with van der Waals surface area (Å²) in [5, 5.41) is 2.41. The topological polar surface area (TPSA) is 97.9 Å². The largest absolute Gasteiger partial charge is 0.494 e. The average molecular weight is 403 g/mol. The van der Waals surface area contributed by atoms with Gasteiger partial charge in [-0.15, -0.1) is 0 Å². The molecule has 9 heteroatoms. The lowest BCUT2D eigenvalue weighted by Gasteiger charge is -2.13. The van der Waals surface area contributed by atoms with Gasteiger partial charge < -0.3 is 14.2 Å². The van der Waals surface area contributed by atoms with Crippen molar-refractivity contribution in [2.75, 3.05) is 20.3 Å². The Morgan fingerprint density at radius 3 is 2.46 bits per heavy atom. The fraction of sp³-hybridized carbons (Fsp3) is 0.211. The van der Waals surface area contributed by atoms with Gasteiger partial charge in [0.25, 0.3) is 11.8 Å². The molecule has 2 aromatic rings. The quantitative estimate of drug-likeness (QED) is 0.479. The molecule has 0 saturated heterocycles. The molecule has 2 amide bonds. The zero-order valence-electron chi connectivity index (χ0n) is 15.5. The number of ether oxygens (including phenoxy) is 3. The van der Waals surface area contributed by atoms with Crippen molar-refractivity contribution in [3.63, 3.8) is 0 Å². The Morgan fingerprint density at radius 1 is 1.00 bits per heavy atom. The van der Waals surface area contributed by atoms with Gasteiger partial charge in [-0.2, -0.15) is 0 Å². The molecule has 0 atom stereocenters. The predicted molar refractivity (Wildman–Crippen MR) is 107 cm³/mol. The Hall–Kier alpha value is -3.33. The summed E-state index contributed by atoms with van der Waals surface area (Å²) in [5.74, 6) is 0.612. The zero-order valence-corrected chi connectivity index (χ0v) is 16.3. The van der Waals surface area contributed by atoms with Crippen LogP contribution in [0, 0.1) is 0 Å². The van der Waals surface area contributed by atoms with Gasteiger partial charge in [0, 0.05) is 5.56 Å². The maximum absolute atomic E-state index is 12.2. The second kappa shape index (κ2) is 10.7. The van der Waals surface area contributed by atoms with Crippen molar-refractivity contribution < 1.29 is 23.8 Å². The van der Waals surface area contributed by atoms with Gasteiger partial charge >= 0.3 is 0 Å². The van der Waals surface area contributed by atoms with Crippen LogP contribution < -0.4 is 30.4 Å². The van der Waals surface area contributed by atoms with Crippen LogP contribution in [0.15, 0.2) is 48.5 Å². The first-order valence-corrected chi connectivity index (χ1v) is 8.83. The van der Waals surface area contributed by atoms with E-state index in [0.717, 1.165) is 0 Å². The lowest BCUT2D eigenvalue weighted by atomic mass is 10.2. The summed E-state index contributed by atoms with van der Waals surface area (Å²) in [6, 6.07) is 13.6. The first-order chi connectivity index (χ1) is 13.5. The highest BCUT2D eigenvalue weighted by Gasteiger charge is 2.10. The van der Waals surface area contributed by atoms with Gasteiger partial charge in [-0.1, -0.05) is 18.2 Å². The normalized spacial score (nSPS) is 9.79. The van der Waals surface area contributed by atoms with Crippen LogP contribution >= 0.6 is 12.2 Å². The molecule has 28 heavy (non-hydrogen) atoms. The van der Waals surface area contributed by atoms with Gasteiger partial charge in [0.15, 0.2) is 23.2 Å². The van der Waals surface area contributed by atoms with Crippen molar-refractivity contribution in [1.29, 1.82) is 0 Å². The summed E-state index contributed by atoms with van der Waals surface area (Å²) in [5.41, 5.74) is 5.16. The smallest absolute Gasteiger partial charge is 0.276 e. The zero-order chi connectivity index (χ0) is 20.4. The van der Waals surface area contributed by atoms with E-state index in [-0.39, 0.29) is 11.7 Å². The molecule has 0 bridgehead atoms. The number of nitrogens with one attached hydrogen (secondary N) is 3. The molecular weight excluding hydrogens is 382 g/mol. The molecule has 0 heterocycles. The molecule has 0 aromatic heterocycles. The van der Waals surface area contributed by atoms with E-state index in [9.17, 15) is 9.59 Å². The SMILES string of the molecule is CCOc1cccc(C(=O)NC(=S)NNC(=O)COc2ccccc2OC)c1. The van der Waals surface area contributed by atoms with Gasteiger partial charge in [-0.25, -0.2) is 0 Å². The Morgan fingerprint density at radius 2 is 1.75 bits per heavy atom. The van der Waals surface area contributed by atoms with Gasteiger partial charge in [0.2, 0.25) is 0 Å². The fourth-order valence-corrected chi connectivity index (χ4v) is 2.29. The first kappa shape index (κ1) is 21.0. The van der Waals surface area contributed by atoms with Gasteiger partial charge in [-0.05, 0) is 49.5 Å². The molecule has 0 unspecified atom stereocenters. The van der Waals surface area contributed by atoms with Crippen molar-refractivity contribution >= 4 is 29.1 Å². The highest BCUT2D eigenvalue weighted by molar-refractivity contribution is 7.80. The summed E-state index contributed by atoms with van der Waals surface area (Å²) < 4.78 is 15.9. The molecule has 0 aliphatic heterocycles. The van der Waals surface area contributed by atoms with Gasteiger partial charge in [0.05, 0.1) is 13.7 Å². The molecule has 2 aromatic carbocycles. The summed E-state index contributed by atoms with van der Waals surface area (Å²) in [6.45, 7) is 2.08. The lowest BCUT2D eigenvalue weighted by molar-refractivity contribution is -0.123. The van der Waals surface area contributed by atoms with E-state index in [1.54, 1.807) is 48.5 Å². The van der Waals surface area contributed by atoms with Crippen molar-refractivity contribution in [2.24, 2.45) is 0 Å². The molecule has 0 radical (unpaired) electrons. The Labute approximate surface area is 168 Å². The second-order valence-corrected chi connectivity index (χ2v) is 5.77. The minimum atomic E-state index is -0.485. The number of rotatable bonds is 7. The van der Waals surface area contributed by atoms with Crippen LogP contribution in [-0.2, 0) is 4.79 Å². The van der Waals surface area contributed by atoms with Crippen LogP contribution in [0.3, 0.4) is 0 Å². The molecule has 2 rings (SSSR count). The van der Waals surface area contributed by atoms with E-state index >= 15 is 0 Å². The second-order valence-electron chi connectivity index (χ2n) is 5.36. The van der Waals surface area contributed by atoms with Crippen molar-refractivity contribution in [3.05, 3.63) is 54.1 Å². The van der Waals surface area contributed by atoms with Crippen molar-refractivity contribution in [3.8, 4) is 17.2 Å². The molecule has 8 nitrogen and oxygen atoms in total. The number of benzene rings is 2. The molecule has 0 aliphatic rings. The third kappa shape index (κ3) is 6.44. The van der Waals surface area contributed by atoms with E-state index in [1.165, 1.54) is 7.11 Å². The maximum atomic E-state index is 12.2. The van der Waals surface area contributed by atoms with Gasteiger partial charge in [0.1, 0.15) is 5.75 Å². The highest BCUT2D eigenvalue weighted by atomic mass is 32.1. The first-order valence-electron chi connectivity index (χ1n) is 8.42. The number of thiocarbonyl (C=S) groups is 1. The maximum Gasteiger partial charge on any atom is 0.276 e. The van der Waals surface area contributed by atoms with Crippen LogP contribution in [-0.4, -0.2) is 37.3 Å². The Kier molecular flexibility index (Phi) is 8.04. The molecule has 0 saturated carbocycles. The van der Waals surface area contributed by atoms with Crippen LogP contribution in [0.5, 0.6) is 17.2 Å². The van der Waals surface area contributed by atoms with E-state index in [2.05, 4.69) is 16.2 Å². The van der Waals surface area contributed by atoms with Crippen molar-refractivity contribution in [1.82, 2.24) is 16.2 Å². The summed E-state index contributed by atoms with van der Waals surface area (Å²) in [6.07, 6.45) is 0.